The van der Waals surface area contributed by atoms with E-state index in [2.05, 4.69) is 44.5 Å². The quantitative estimate of drug-likeness (QED) is 0.846. The van der Waals surface area contributed by atoms with Crippen molar-refractivity contribution in [1.82, 2.24) is 9.80 Å². The van der Waals surface area contributed by atoms with Crippen molar-refractivity contribution >= 4 is 0 Å². The van der Waals surface area contributed by atoms with Crippen LogP contribution in [0, 0.1) is 11.3 Å². The van der Waals surface area contributed by atoms with Gasteiger partial charge in [-0.05, 0) is 63.6 Å². The largest absolute Gasteiger partial charge is 0.329 e. The summed E-state index contributed by atoms with van der Waals surface area (Å²) in [5, 5.41) is 0. The van der Waals surface area contributed by atoms with Gasteiger partial charge in [0, 0.05) is 24.7 Å². The van der Waals surface area contributed by atoms with E-state index < -0.39 is 0 Å². The molecule has 2 N–H and O–H groups in total. The summed E-state index contributed by atoms with van der Waals surface area (Å²) in [5.74, 6) is 0.688. The van der Waals surface area contributed by atoms with Gasteiger partial charge in [0.2, 0.25) is 0 Å². The summed E-state index contributed by atoms with van der Waals surface area (Å²) in [6, 6.07) is 0.741. The maximum Gasteiger partial charge on any atom is 0.0355 e. The zero-order chi connectivity index (χ0) is 15.7. The van der Waals surface area contributed by atoms with Gasteiger partial charge < -0.3 is 5.73 Å². The van der Waals surface area contributed by atoms with E-state index in [1.807, 2.05) is 0 Å². The Kier molecular flexibility index (Phi) is 5.38. The fraction of sp³-hybridized carbons (Fsp3) is 1.00. The Bertz CT molecular complexity index is 341. The number of hydrogen-bond donors (Lipinski definition) is 1. The lowest BCUT2D eigenvalue weighted by Crippen LogP contribution is -2.61. The molecule has 1 aliphatic heterocycles. The van der Waals surface area contributed by atoms with Gasteiger partial charge in [0.05, 0.1) is 0 Å². The van der Waals surface area contributed by atoms with Crippen molar-refractivity contribution < 1.29 is 0 Å². The maximum absolute atomic E-state index is 6.30. The fourth-order valence-electron chi connectivity index (χ4n) is 4.96. The monoisotopic (exact) mass is 295 g/mol. The first-order valence-corrected chi connectivity index (χ1v) is 9.00. The van der Waals surface area contributed by atoms with E-state index in [9.17, 15) is 0 Å². The van der Waals surface area contributed by atoms with E-state index in [0.717, 1.165) is 12.6 Å². The summed E-state index contributed by atoms with van der Waals surface area (Å²) in [7, 11) is 2.33. The topological polar surface area (TPSA) is 32.5 Å². The molecule has 1 saturated carbocycles. The van der Waals surface area contributed by atoms with Gasteiger partial charge in [-0.25, -0.2) is 0 Å². The Morgan fingerprint density at radius 3 is 2.57 bits per heavy atom. The van der Waals surface area contributed by atoms with Gasteiger partial charge in [-0.3, -0.25) is 9.80 Å². The average molecular weight is 296 g/mol. The molecule has 0 bridgehead atoms. The third kappa shape index (κ3) is 3.46. The molecule has 1 heterocycles. The van der Waals surface area contributed by atoms with Crippen molar-refractivity contribution in [1.29, 1.82) is 0 Å². The Labute approximate surface area is 132 Å². The molecule has 3 unspecified atom stereocenters. The minimum atomic E-state index is 0.220. The van der Waals surface area contributed by atoms with E-state index in [-0.39, 0.29) is 5.54 Å². The summed E-state index contributed by atoms with van der Waals surface area (Å²) < 4.78 is 0. The molecule has 21 heavy (non-hydrogen) atoms. The summed E-state index contributed by atoms with van der Waals surface area (Å²) >= 11 is 0. The van der Waals surface area contributed by atoms with Crippen LogP contribution in [0.1, 0.15) is 59.8 Å². The Hall–Kier alpha value is -0.120. The van der Waals surface area contributed by atoms with Gasteiger partial charge in [-0.1, -0.05) is 27.7 Å². The van der Waals surface area contributed by atoms with Gasteiger partial charge in [0.25, 0.3) is 0 Å². The molecule has 0 radical (unpaired) electrons. The van der Waals surface area contributed by atoms with E-state index >= 15 is 0 Å². The third-order valence-electron chi connectivity index (χ3n) is 6.51. The van der Waals surface area contributed by atoms with Crippen LogP contribution in [0.15, 0.2) is 0 Å². The maximum atomic E-state index is 6.30. The van der Waals surface area contributed by atoms with Gasteiger partial charge >= 0.3 is 0 Å². The predicted octanol–water partition coefficient (Wildman–Crippen LogP) is 2.95. The van der Waals surface area contributed by atoms with Crippen LogP contribution in [-0.4, -0.2) is 54.6 Å². The molecule has 124 valence electrons. The molecular weight excluding hydrogens is 258 g/mol. The highest BCUT2D eigenvalue weighted by Crippen LogP contribution is 2.46. The second kappa shape index (κ2) is 6.55. The van der Waals surface area contributed by atoms with Crippen LogP contribution in [0.3, 0.4) is 0 Å². The summed E-state index contributed by atoms with van der Waals surface area (Å²) in [4.78, 5) is 5.28. The number of rotatable bonds is 5. The van der Waals surface area contributed by atoms with E-state index in [0.29, 0.717) is 11.3 Å². The van der Waals surface area contributed by atoms with Crippen LogP contribution in [0.25, 0.3) is 0 Å². The van der Waals surface area contributed by atoms with Crippen LogP contribution >= 0.6 is 0 Å². The first kappa shape index (κ1) is 17.2. The van der Waals surface area contributed by atoms with Gasteiger partial charge in [-0.2, -0.15) is 0 Å². The number of likely N-dealkylation sites (tertiary alicyclic amines) is 1. The van der Waals surface area contributed by atoms with Crippen LogP contribution in [0.2, 0.25) is 0 Å². The Balaban J connectivity index is 2.06. The minimum Gasteiger partial charge on any atom is -0.329 e. The number of likely N-dealkylation sites (N-methyl/N-ethyl adjacent to an activating group) is 2. The summed E-state index contributed by atoms with van der Waals surface area (Å²) in [5.41, 5.74) is 7.01. The summed E-state index contributed by atoms with van der Waals surface area (Å²) in [6.07, 6.45) is 6.59. The molecule has 0 aromatic rings. The van der Waals surface area contributed by atoms with Gasteiger partial charge in [0.15, 0.2) is 0 Å². The highest BCUT2D eigenvalue weighted by molar-refractivity contribution is 5.02. The Morgan fingerprint density at radius 2 is 2.00 bits per heavy atom. The molecule has 2 rings (SSSR count). The zero-order valence-electron chi connectivity index (χ0n) is 15.0. The molecule has 3 heteroatoms. The molecule has 0 amide bonds. The van der Waals surface area contributed by atoms with E-state index in [4.69, 9.17) is 5.73 Å². The first-order chi connectivity index (χ1) is 9.84. The molecule has 0 spiro atoms. The van der Waals surface area contributed by atoms with Crippen LogP contribution < -0.4 is 5.73 Å². The van der Waals surface area contributed by atoms with Crippen molar-refractivity contribution in [2.24, 2.45) is 17.1 Å². The van der Waals surface area contributed by atoms with Crippen molar-refractivity contribution in [3.8, 4) is 0 Å². The molecule has 1 saturated heterocycles. The molecule has 2 aliphatic rings. The lowest BCUT2D eigenvalue weighted by molar-refractivity contribution is -0.0171. The average Bonchev–Trinajstić information content (AvgIpc) is 2.85. The lowest BCUT2D eigenvalue weighted by atomic mass is 9.63. The molecule has 1 aliphatic carbocycles. The van der Waals surface area contributed by atoms with Crippen molar-refractivity contribution in [3.63, 3.8) is 0 Å². The predicted molar refractivity (Wildman–Crippen MR) is 91.5 cm³/mol. The zero-order valence-corrected chi connectivity index (χ0v) is 15.0. The fourth-order valence-corrected chi connectivity index (χ4v) is 4.96. The molecule has 0 aromatic heterocycles. The standard InChI is InChI=1S/C18H37N3/c1-6-21-11-7-8-16(21)13-20(5)18(14-19)10-9-17(3,4)12-15(18)2/h15-16H,6-14,19H2,1-5H3. The normalized spacial score (nSPS) is 37.3. The smallest absolute Gasteiger partial charge is 0.0355 e. The second-order valence-corrected chi connectivity index (χ2v) is 8.38. The Morgan fingerprint density at radius 1 is 1.29 bits per heavy atom. The van der Waals surface area contributed by atoms with Gasteiger partial charge in [-0.15, -0.1) is 0 Å². The molecule has 0 aromatic carbocycles. The van der Waals surface area contributed by atoms with Crippen LogP contribution in [0.4, 0.5) is 0 Å². The summed E-state index contributed by atoms with van der Waals surface area (Å²) in [6.45, 7) is 14.0. The van der Waals surface area contributed by atoms with Crippen LogP contribution in [-0.2, 0) is 0 Å². The SMILES string of the molecule is CCN1CCCC1CN(C)C1(CN)CCC(C)(C)CC1C. The molecule has 3 atom stereocenters. The lowest BCUT2D eigenvalue weighted by Gasteiger charge is -2.53. The third-order valence-corrected chi connectivity index (χ3v) is 6.51. The number of nitrogens with two attached hydrogens (primary N) is 1. The molecular formula is C18H37N3. The van der Waals surface area contributed by atoms with Gasteiger partial charge in [0.1, 0.15) is 0 Å². The molecule has 3 nitrogen and oxygen atoms in total. The first-order valence-electron chi connectivity index (χ1n) is 9.00. The van der Waals surface area contributed by atoms with Crippen molar-refractivity contribution in [2.45, 2.75) is 71.4 Å². The van der Waals surface area contributed by atoms with E-state index in [1.165, 1.54) is 51.7 Å². The molecule has 2 fully saturated rings. The number of hydrogen-bond acceptors (Lipinski definition) is 3. The minimum absolute atomic E-state index is 0.220. The van der Waals surface area contributed by atoms with E-state index in [1.54, 1.807) is 0 Å². The van der Waals surface area contributed by atoms with Crippen molar-refractivity contribution in [2.75, 3.05) is 33.2 Å². The highest BCUT2D eigenvalue weighted by Gasteiger charge is 2.46. The van der Waals surface area contributed by atoms with Crippen molar-refractivity contribution in [3.05, 3.63) is 0 Å². The number of nitrogens with zero attached hydrogens (tertiary/aromatic N) is 2. The van der Waals surface area contributed by atoms with Crippen LogP contribution in [0.5, 0.6) is 0 Å². The second-order valence-electron chi connectivity index (χ2n) is 8.38. The highest BCUT2D eigenvalue weighted by atomic mass is 15.3.